The van der Waals surface area contributed by atoms with Gasteiger partial charge in [0.15, 0.2) is 0 Å². The number of rotatable bonds is 3. The Labute approximate surface area is 122 Å². The number of benzene rings is 1. The molecule has 0 spiro atoms. The molecule has 1 amide bonds. The number of hydrogen-bond acceptors (Lipinski definition) is 3. The fraction of sp³-hybridized carbons (Fsp3) is 0.467. The molecule has 1 aliphatic rings. The summed E-state index contributed by atoms with van der Waals surface area (Å²) in [6.45, 7) is 1.96. The largest absolute Gasteiger partial charge is 0.480 e. The van der Waals surface area contributed by atoms with Gasteiger partial charge in [-0.15, -0.1) is 0 Å². The number of nitrogens with two attached hydrogens (primary N) is 1. The summed E-state index contributed by atoms with van der Waals surface area (Å²) in [4.78, 5) is 23.9. The van der Waals surface area contributed by atoms with Gasteiger partial charge in [-0.1, -0.05) is 19.8 Å². The third kappa shape index (κ3) is 3.15. The van der Waals surface area contributed by atoms with E-state index in [1.54, 1.807) is 0 Å². The van der Waals surface area contributed by atoms with Gasteiger partial charge >= 0.3 is 5.97 Å². The van der Waals surface area contributed by atoms with Crippen LogP contribution in [0.2, 0.25) is 0 Å². The highest BCUT2D eigenvalue weighted by molar-refractivity contribution is 6.01. The van der Waals surface area contributed by atoms with E-state index in [1.165, 1.54) is 6.07 Å². The molecule has 2 rings (SSSR count). The Morgan fingerprint density at radius 1 is 1.48 bits per heavy atom. The summed E-state index contributed by atoms with van der Waals surface area (Å²) in [5, 5.41) is 12.1. The van der Waals surface area contributed by atoms with E-state index in [0.717, 1.165) is 25.0 Å². The number of aliphatic carboxylic acids is 1. The number of amides is 1. The van der Waals surface area contributed by atoms with Gasteiger partial charge in [-0.25, -0.2) is 9.18 Å². The monoisotopic (exact) mass is 294 g/mol. The zero-order valence-corrected chi connectivity index (χ0v) is 11.9. The van der Waals surface area contributed by atoms with E-state index < -0.39 is 23.2 Å². The maximum atomic E-state index is 13.3. The quantitative estimate of drug-likeness (QED) is 0.745. The topological polar surface area (TPSA) is 92.4 Å². The van der Waals surface area contributed by atoms with Gasteiger partial charge in [0, 0.05) is 5.69 Å². The minimum absolute atomic E-state index is 0.0335. The van der Waals surface area contributed by atoms with E-state index >= 15 is 0 Å². The zero-order chi connectivity index (χ0) is 15.6. The summed E-state index contributed by atoms with van der Waals surface area (Å²) < 4.78 is 13.3. The van der Waals surface area contributed by atoms with E-state index in [4.69, 9.17) is 5.73 Å². The van der Waals surface area contributed by atoms with Crippen molar-refractivity contribution in [2.45, 2.75) is 38.1 Å². The Balaban J connectivity index is 2.27. The zero-order valence-electron chi connectivity index (χ0n) is 11.9. The van der Waals surface area contributed by atoms with Crippen LogP contribution in [0, 0.1) is 11.7 Å². The average Bonchev–Trinajstić information content (AvgIpc) is 2.41. The summed E-state index contributed by atoms with van der Waals surface area (Å²) >= 11 is 0. The molecule has 1 aliphatic carbocycles. The molecule has 0 saturated heterocycles. The molecule has 0 bridgehead atoms. The van der Waals surface area contributed by atoms with Gasteiger partial charge in [-0.3, -0.25) is 4.79 Å². The Hall–Kier alpha value is -2.11. The highest BCUT2D eigenvalue weighted by atomic mass is 19.1. The summed E-state index contributed by atoms with van der Waals surface area (Å²) in [5.41, 5.74) is 4.46. The molecule has 0 radical (unpaired) electrons. The van der Waals surface area contributed by atoms with Gasteiger partial charge in [0.25, 0.3) is 5.91 Å². The number of nitrogen functional groups attached to an aromatic ring is 1. The third-order valence-electron chi connectivity index (χ3n) is 4.02. The van der Waals surface area contributed by atoms with Crippen LogP contribution in [-0.4, -0.2) is 22.5 Å². The van der Waals surface area contributed by atoms with Crippen molar-refractivity contribution < 1.29 is 19.1 Å². The molecule has 5 nitrogen and oxygen atoms in total. The van der Waals surface area contributed by atoms with Gasteiger partial charge in [0.05, 0.1) is 5.56 Å². The first kappa shape index (κ1) is 15.3. The second-order valence-corrected chi connectivity index (χ2v) is 5.77. The van der Waals surface area contributed by atoms with Crippen LogP contribution < -0.4 is 11.1 Å². The van der Waals surface area contributed by atoms with Gasteiger partial charge in [0.2, 0.25) is 0 Å². The minimum Gasteiger partial charge on any atom is -0.480 e. The maximum Gasteiger partial charge on any atom is 0.329 e. The molecule has 0 heterocycles. The lowest BCUT2D eigenvalue weighted by molar-refractivity contribution is -0.146. The smallest absolute Gasteiger partial charge is 0.329 e. The summed E-state index contributed by atoms with van der Waals surface area (Å²) in [6, 6.07) is 3.47. The second kappa shape index (κ2) is 5.71. The molecule has 6 heteroatoms. The Bertz CT molecular complexity index is 576. The summed E-state index contributed by atoms with van der Waals surface area (Å²) in [6.07, 6.45) is 2.40. The molecular formula is C15H19FN2O3. The lowest BCUT2D eigenvalue weighted by Gasteiger charge is -2.37. The number of carbonyl (C=O) groups is 2. The molecule has 1 fully saturated rings. The number of nitrogens with one attached hydrogen (secondary N) is 1. The first-order valence-corrected chi connectivity index (χ1v) is 6.95. The molecule has 21 heavy (non-hydrogen) atoms. The van der Waals surface area contributed by atoms with Crippen LogP contribution in [-0.2, 0) is 4.79 Å². The number of carbonyl (C=O) groups excluding carboxylic acids is 1. The number of halogens is 1. The lowest BCUT2D eigenvalue weighted by Crippen LogP contribution is -2.56. The predicted molar refractivity (Wildman–Crippen MR) is 76.3 cm³/mol. The first-order chi connectivity index (χ1) is 9.84. The van der Waals surface area contributed by atoms with Crippen molar-refractivity contribution in [1.82, 2.24) is 5.32 Å². The maximum absolute atomic E-state index is 13.3. The van der Waals surface area contributed by atoms with E-state index in [1.807, 2.05) is 6.92 Å². The minimum atomic E-state index is -1.30. The molecule has 2 atom stereocenters. The SMILES string of the molecule is CC1CCCC(NC(=O)c2cc(F)ccc2N)(C(=O)O)C1. The fourth-order valence-corrected chi connectivity index (χ4v) is 2.92. The Kier molecular flexibility index (Phi) is 4.16. The van der Waals surface area contributed by atoms with Gasteiger partial charge in [0.1, 0.15) is 11.4 Å². The molecule has 1 aromatic rings. The van der Waals surface area contributed by atoms with E-state index in [9.17, 15) is 19.1 Å². The highest BCUT2D eigenvalue weighted by Gasteiger charge is 2.43. The van der Waals surface area contributed by atoms with Crippen LogP contribution in [0.15, 0.2) is 18.2 Å². The molecular weight excluding hydrogens is 275 g/mol. The molecule has 0 aromatic heterocycles. The molecule has 1 saturated carbocycles. The number of carboxylic acids is 1. The van der Waals surface area contributed by atoms with Crippen molar-refractivity contribution in [3.8, 4) is 0 Å². The molecule has 0 aliphatic heterocycles. The van der Waals surface area contributed by atoms with Crippen molar-refractivity contribution in [3.05, 3.63) is 29.6 Å². The summed E-state index contributed by atoms with van der Waals surface area (Å²) in [7, 11) is 0. The van der Waals surface area contributed by atoms with E-state index in [0.29, 0.717) is 12.8 Å². The molecule has 2 unspecified atom stereocenters. The normalized spacial score (nSPS) is 25.3. The Morgan fingerprint density at radius 3 is 2.81 bits per heavy atom. The van der Waals surface area contributed by atoms with Crippen LogP contribution in [0.25, 0.3) is 0 Å². The summed E-state index contributed by atoms with van der Waals surface area (Å²) in [5.74, 6) is -2.09. The predicted octanol–water partition coefficient (Wildman–Crippen LogP) is 2.17. The van der Waals surface area contributed by atoms with Crippen LogP contribution in [0.1, 0.15) is 43.0 Å². The average molecular weight is 294 g/mol. The van der Waals surface area contributed by atoms with Crippen LogP contribution in [0.4, 0.5) is 10.1 Å². The van der Waals surface area contributed by atoms with Gasteiger partial charge in [-0.2, -0.15) is 0 Å². The van der Waals surface area contributed by atoms with Crippen molar-refractivity contribution in [3.63, 3.8) is 0 Å². The molecule has 1 aromatic carbocycles. The van der Waals surface area contributed by atoms with E-state index in [2.05, 4.69) is 5.32 Å². The van der Waals surface area contributed by atoms with Crippen molar-refractivity contribution in [2.75, 3.05) is 5.73 Å². The second-order valence-electron chi connectivity index (χ2n) is 5.77. The van der Waals surface area contributed by atoms with Gasteiger partial charge in [-0.05, 0) is 37.0 Å². The highest BCUT2D eigenvalue weighted by Crippen LogP contribution is 2.33. The number of hydrogen-bond donors (Lipinski definition) is 3. The van der Waals surface area contributed by atoms with Crippen molar-refractivity contribution in [2.24, 2.45) is 5.92 Å². The molecule has 4 N–H and O–H groups in total. The van der Waals surface area contributed by atoms with E-state index in [-0.39, 0.29) is 17.2 Å². The molecule has 114 valence electrons. The lowest BCUT2D eigenvalue weighted by atomic mass is 9.76. The van der Waals surface area contributed by atoms with Crippen LogP contribution in [0.3, 0.4) is 0 Å². The number of carboxylic acid groups (broad SMARTS) is 1. The van der Waals surface area contributed by atoms with Crippen LogP contribution in [0.5, 0.6) is 0 Å². The fourth-order valence-electron chi connectivity index (χ4n) is 2.92. The van der Waals surface area contributed by atoms with Crippen molar-refractivity contribution in [1.29, 1.82) is 0 Å². The standard InChI is InChI=1S/C15H19FN2O3/c1-9-3-2-6-15(8-9,14(20)21)18-13(19)11-7-10(16)4-5-12(11)17/h4-5,7,9H,2-3,6,8,17H2,1H3,(H,18,19)(H,20,21). The Morgan fingerprint density at radius 2 is 2.19 bits per heavy atom. The number of anilines is 1. The van der Waals surface area contributed by atoms with Gasteiger partial charge < -0.3 is 16.2 Å². The first-order valence-electron chi connectivity index (χ1n) is 6.95. The van der Waals surface area contributed by atoms with Crippen molar-refractivity contribution >= 4 is 17.6 Å². The third-order valence-corrected chi connectivity index (χ3v) is 4.02. The van der Waals surface area contributed by atoms with Crippen LogP contribution >= 0.6 is 0 Å².